The Morgan fingerprint density at radius 2 is 2.27 bits per heavy atom. The molecule has 1 aromatic rings. The average Bonchev–Trinajstić information content (AvgIpc) is 2.17. The molecule has 82 valence electrons. The van der Waals surface area contributed by atoms with Gasteiger partial charge in [-0.3, -0.25) is 0 Å². The Morgan fingerprint density at radius 1 is 1.60 bits per heavy atom. The normalized spacial score (nSPS) is 12.5. The van der Waals surface area contributed by atoms with Gasteiger partial charge in [0.1, 0.15) is 0 Å². The summed E-state index contributed by atoms with van der Waals surface area (Å²) in [5.74, 6) is -0.975. The van der Waals surface area contributed by atoms with E-state index >= 15 is 0 Å². The monoisotopic (exact) mass is 228 g/mol. The van der Waals surface area contributed by atoms with Gasteiger partial charge in [0.25, 0.3) is 0 Å². The van der Waals surface area contributed by atoms with Crippen LogP contribution in [0, 0.1) is 6.92 Å². The number of rotatable bonds is 4. The molecule has 0 aromatic heterocycles. The lowest BCUT2D eigenvalue weighted by atomic mass is 10.0. The van der Waals surface area contributed by atoms with Crippen molar-refractivity contribution in [3.05, 3.63) is 34.3 Å². The molecule has 1 N–H and O–H groups in total. The van der Waals surface area contributed by atoms with E-state index in [1.54, 1.807) is 6.07 Å². The highest BCUT2D eigenvalue weighted by molar-refractivity contribution is 6.31. The molecule has 15 heavy (non-hydrogen) atoms. The third kappa shape index (κ3) is 2.94. The predicted octanol–water partition coefficient (Wildman–Crippen LogP) is 2.29. The molecule has 0 aliphatic rings. The number of hydrogen-bond donors (Lipinski definition) is 1. The first kappa shape index (κ1) is 12.0. The highest BCUT2D eigenvalue weighted by Crippen LogP contribution is 2.21. The van der Waals surface area contributed by atoms with Crippen molar-refractivity contribution in [2.24, 2.45) is 0 Å². The number of carboxylic acids is 1. The molecule has 0 amide bonds. The molecule has 0 fully saturated rings. The van der Waals surface area contributed by atoms with Gasteiger partial charge >= 0.3 is 5.97 Å². The van der Waals surface area contributed by atoms with Crippen molar-refractivity contribution in [2.45, 2.75) is 19.4 Å². The van der Waals surface area contributed by atoms with Crippen LogP contribution in [0.1, 0.15) is 11.1 Å². The van der Waals surface area contributed by atoms with Crippen LogP contribution in [0.25, 0.3) is 0 Å². The molecular weight excluding hydrogens is 216 g/mol. The smallest absolute Gasteiger partial charge is 0.333 e. The Balaban J connectivity index is 2.92. The van der Waals surface area contributed by atoms with E-state index in [4.69, 9.17) is 21.4 Å². The largest absolute Gasteiger partial charge is 0.479 e. The van der Waals surface area contributed by atoms with Crippen LogP contribution in [0.15, 0.2) is 18.2 Å². The van der Waals surface area contributed by atoms with E-state index in [1.807, 2.05) is 19.1 Å². The number of aryl methyl sites for hydroxylation is 1. The van der Waals surface area contributed by atoms with Gasteiger partial charge in [-0.25, -0.2) is 4.79 Å². The molecule has 1 atom stereocenters. The van der Waals surface area contributed by atoms with Crippen molar-refractivity contribution in [1.82, 2.24) is 0 Å². The van der Waals surface area contributed by atoms with Crippen molar-refractivity contribution >= 4 is 17.6 Å². The lowest BCUT2D eigenvalue weighted by Gasteiger charge is -2.13. The zero-order valence-electron chi connectivity index (χ0n) is 8.66. The number of hydrogen-bond acceptors (Lipinski definition) is 2. The molecule has 4 heteroatoms. The van der Waals surface area contributed by atoms with E-state index in [2.05, 4.69) is 0 Å². The van der Waals surface area contributed by atoms with Gasteiger partial charge in [0, 0.05) is 18.6 Å². The van der Waals surface area contributed by atoms with Crippen LogP contribution in [0.3, 0.4) is 0 Å². The first-order valence-electron chi connectivity index (χ1n) is 4.56. The third-order valence-electron chi connectivity index (χ3n) is 2.30. The highest BCUT2D eigenvalue weighted by atomic mass is 35.5. The number of benzene rings is 1. The lowest BCUT2D eigenvalue weighted by molar-refractivity contribution is -0.148. The molecule has 1 rings (SSSR count). The molecule has 0 heterocycles. The Morgan fingerprint density at radius 3 is 2.73 bits per heavy atom. The summed E-state index contributed by atoms with van der Waals surface area (Å²) in [4.78, 5) is 10.8. The molecule has 0 spiro atoms. The molecule has 3 nitrogen and oxygen atoms in total. The SMILES string of the molecule is COC(Cc1c(C)cccc1Cl)C(=O)O. The molecular formula is C11H13ClO3. The Hall–Kier alpha value is -1.06. The number of aliphatic carboxylic acids is 1. The fraction of sp³-hybridized carbons (Fsp3) is 0.364. The van der Waals surface area contributed by atoms with E-state index in [9.17, 15) is 4.79 Å². The molecule has 0 saturated heterocycles. The summed E-state index contributed by atoms with van der Waals surface area (Å²) in [5, 5.41) is 9.43. The van der Waals surface area contributed by atoms with Crippen molar-refractivity contribution in [3.8, 4) is 0 Å². The fourth-order valence-electron chi connectivity index (χ4n) is 1.38. The Bertz CT molecular complexity index is 343. The van der Waals surface area contributed by atoms with Crippen molar-refractivity contribution < 1.29 is 14.6 Å². The maximum Gasteiger partial charge on any atom is 0.333 e. The minimum absolute atomic E-state index is 0.289. The second-order valence-electron chi connectivity index (χ2n) is 3.30. The topological polar surface area (TPSA) is 46.5 Å². The van der Waals surface area contributed by atoms with Gasteiger partial charge in [-0.05, 0) is 24.1 Å². The van der Waals surface area contributed by atoms with E-state index in [0.29, 0.717) is 5.02 Å². The van der Waals surface area contributed by atoms with Gasteiger partial charge < -0.3 is 9.84 Å². The first-order chi connectivity index (χ1) is 7.06. The van der Waals surface area contributed by atoms with Crippen molar-refractivity contribution in [3.63, 3.8) is 0 Å². The summed E-state index contributed by atoms with van der Waals surface area (Å²) in [7, 11) is 1.38. The van der Waals surface area contributed by atoms with Gasteiger partial charge in [0.05, 0.1) is 0 Å². The third-order valence-corrected chi connectivity index (χ3v) is 2.66. The molecule has 0 bridgehead atoms. The summed E-state index contributed by atoms with van der Waals surface area (Å²) in [6.07, 6.45) is -0.555. The summed E-state index contributed by atoms with van der Waals surface area (Å²) in [6, 6.07) is 5.48. The lowest BCUT2D eigenvalue weighted by Crippen LogP contribution is -2.25. The minimum atomic E-state index is -0.975. The number of carbonyl (C=O) groups is 1. The Labute approximate surface area is 93.6 Å². The number of methoxy groups -OCH3 is 1. The van der Waals surface area contributed by atoms with Crippen LogP contribution in [-0.2, 0) is 16.0 Å². The summed E-state index contributed by atoms with van der Waals surface area (Å²) in [5.41, 5.74) is 1.80. The second-order valence-corrected chi connectivity index (χ2v) is 3.71. The highest BCUT2D eigenvalue weighted by Gasteiger charge is 2.19. The molecule has 1 aromatic carbocycles. The molecule has 0 aliphatic carbocycles. The number of ether oxygens (including phenoxy) is 1. The van der Waals surface area contributed by atoms with E-state index in [0.717, 1.165) is 11.1 Å². The fourth-order valence-corrected chi connectivity index (χ4v) is 1.68. The van der Waals surface area contributed by atoms with Crippen LogP contribution in [0.5, 0.6) is 0 Å². The van der Waals surface area contributed by atoms with E-state index in [1.165, 1.54) is 7.11 Å². The van der Waals surface area contributed by atoms with E-state index < -0.39 is 12.1 Å². The van der Waals surface area contributed by atoms with Gasteiger partial charge in [-0.2, -0.15) is 0 Å². The number of halogens is 1. The van der Waals surface area contributed by atoms with Gasteiger partial charge in [-0.1, -0.05) is 23.7 Å². The molecule has 0 aliphatic heterocycles. The predicted molar refractivity (Wildman–Crippen MR) is 58.3 cm³/mol. The van der Waals surface area contributed by atoms with Crippen LogP contribution in [-0.4, -0.2) is 24.3 Å². The van der Waals surface area contributed by atoms with Crippen LogP contribution in [0.2, 0.25) is 5.02 Å². The number of carboxylic acid groups (broad SMARTS) is 1. The van der Waals surface area contributed by atoms with Crippen LogP contribution in [0.4, 0.5) is 0 Å². The van der Waals surface area contributed by atoms with Gasteiger partial charge in [0.15, 0.2) is 6.10 Å². The maximum absolute atomic E-state index is 10.8. The van der Waals surface area contributed by atoms with Crippen LogP contribution >= 0.6 is 11.6 Å². The average molecular weight is 229 g/mol. The zero-order chi connectivity index (χ0) is 11.4. The van der Waals surface area contributed by atoms with Crippen molar-refractivity contribution in [2.75, 3.05) is 7.11 Å². The summed E-state index contributed by atoms with van der Waals surface area (Å²) in [6.45, 7) is 1.90. The molecule has 0 saturated carbocycles. The molecule has 1 unspecified atom stereocenters. The first-order valence-corrected chi connectivity index (χ1v) is 4.93. The van der Waals surface area contributed by atoms with Crippen LogP contribution < -0.4 is 0 Å². The zero-order valence-corrected chi connectivity index (χ0v) is 9.41. The van der Waals surface area contributed by atoms with Gasteiger partial charge in [0.2, 0.25) is 0 Å². The maximum atomic E-state index is 10.8. The standard InChI is InChI=1S/C11H13ClO3/c1-7-4-3-5-9(12)8(7)6-10(15-2)11(13)14/h3-5,10H,6H2,1-2H3,(H,13,14). The van der Waals surface area contributed by atoms with Gasteiger partial charge in [-0.15, -0.1) is 0 Å². The minimum Gasteiger partial charge on any atom is -0.479 e. The Kier molecular flexibility index (Phi) is 4.12. The van der Waals surface area contributed by atoms with Crippen molar-refractivity contribution in [1.29, 1.82) is 0 Å². The van der Waals surface area contributed by atoms with E-state index in [-0.39, 0.29) is 6.42 Å². The summed E-state index contributed by atoms with van der Waals surface area (Å²) < 4.78 is 4.87. The quantitative estimate of drug-likeness (QED) is 0.860. The molecule has 0 radical (unpaired) electrons. The second kappa shape index (κ2) is 5.14. The summed E-state index contributed by atoms with van der Waals surface area (Å²) >= 11 is 5.99.